The van der Waals surface area contributed by atoms with Crippen molar-refractivity contribution in [1.29, 1.82) is 0 Å². The van der Waals surface area contributed by atoms with Crippen molar-refractivity contribution in [3.63, 3.8) is 0 Å². The molecule has 0 unspecified atom stereocenters. The predicted molar refractivity (Wildman–Crippen MR) is 117 cm³/mol. The Kier molecular flexibility index (Phi) is 5.56. The van der Waals surface area contributed by atoms with Gasteiger partial charge in [0, 0.05) is 34.8 Å². The van der Waals surface area contributed by atoms with E-state index in [1.54, 1.807) is 24.5 Å². The van der Waals surface area contributed by atoms with Crippen molar-refractivity contribution >= 4 is 22.4 Å². The van der Waals surface area contributed by atoms with Crippen molar-refractivity contribution in [2.45, 2.75) is 26.6 Å². The van der Waals surface area contributed by atoms with E-state index in [4.69, 9.17) is 0 Å². The minimum Gasteiger partial charge on any atom is -0.318 e. The fourth-order valence-corrected chi connectivity index (χ4v) is 3.88. The number of rotatable bonds is 5. The van der Waals surface area contributed by atoms with Gasteiger partial charge in [0.15, 0.2) is 5.78 Å². The molecular weight excluding hydrogens is 453 g/mol. The van der Waals surface area contributed by atoms with E-state index < -0.39 is 28.0 Å². The van der Waals surface area contributed by atoms with Crippen molar-refractivity contribution in [3.05, 3.63) is 97.8 Å². The number of halogens is 3. The lowest BCUT2D eigenvalue weighted by atomic mass is 10.1. The molecule has 0 amide bonds. The number of ketones is 1. The normalized spacial score (nSPS) is 11.7. The maximum absolute atomic E-state index is 13.1. The summed E-state index contributed by atoms with van der Waals surface area (Å²) in [5, 5.41) is 11.0. The second-order valence-corrected chi connectivity index (χ2v) is 7.73. The van der Waals surface area contributed by atoms with E-state index in [0.717, 1.165) is 23.0 Å². The topological polar surface area (TPSA) is 100 Å². The number of Topliss-reactive ketones (excluding diaryl/α,β-unsaturated/α-hetero) is 1. The monoisotopic (exact) mass is 470 g/mol. The Hall–Kier alpha value is -4.28. The molecule has 2 heterocycles. The first-order valence-corrected chi connectivity index (χ1v) is 10.0. The number of nitrogens with zero attached hydrogens (tertiary/aromatic N) is 4. The molecule has 0 aliphatic rings. The summed E-state index contributed by atoms with van der Waals surface area (Å²) in [5.74, 6) is -0.434. The molecule has 4 aromatic rings. The molecule has 0 N–H and O–H groups in total. The minimum absolute atomic E-state index is 0.121. The number of fused-ring (bicyclic) bond motifs is 1. The fraction of sp³-hybridized carbons (Fsp3) is 0.174. The summed E-state index contributed by atoms with van der Waals surface area (Å²) < 4.78 is 42.0. The maximum Gasteiger partial charge on any atom is 0.416 e. The lowest BCUT2D eigenvalue weighted by Gasteiger charge is -2.13. The van der Waals surface area contributed by atoms with Crippen LogP contribution in [0.1, 0.15) is 27.3 Å². The standard InChI is InChI=1S/C23H17F3N4O4/c1-13-8-19(14(2)29(13)16-5-3-4-15(9-16)23(24,25)26)21(31)11-28-12-27-20-10-17(30(33)34)6-7-18(20)22(28)32/h3-10,12H,11H2,1-2H3. The smallest absolute Gasteiger partial charge is 0.318 e. The summed E-state index contributed by atoms with van der Waals surface area (Å²) >= 11 is 0. The summed E-state index contributed by atoms with van der Waals surface area (Å²) in [6, 6.07) is 9.97. The Morgan fingerprint density at radius 3 is 2.53 bits per heavy atom. The molecule has 2 aromatic heterocycles. The van der Waals surface area contributed by atoms with Crippen LogP contribution in [-0.2, 0) is 12.7 Å². The molecule has 0 radical (unpaired) electrons. The maximum atomic E-state index is 13.1. The molecule has 2 aromatic carbocycles. The third kappa shape index (κ3) is 4.07. The fourth-order valence-electron chi connectivity index (χ4n) is 3.88. The Morgan fingerprint density at radius 1 is 1.12 bits per heavy atom. The summed E-state index contributed by atoms with van der Waals surface area (Å²) in [5.41, 5.74) is 0.0662. The van der Waals surface area contributed by atoms with Crippen LogP contribution in [0.4, 0.5) is 18.9 Å². The number of carbonyl (C=O) groups excluding carboxylic acids is 1. The van der Waals surface area contributed by atoms with Crippen LogP contribution in [0.15, 0.2) is 59.7 Å². The van der Waals surface area contributed by atoms with Crippen LogP contribution in [0.2, 0.25) is 0 Å². The van der Waals surface area contributed by atoms with Gasteiger partial charge in [0.05, 0.1) is 34.3 Å². The van der Waals surface area contributed by atoms with E-state index in [2.05, 4.69) is 4.98 Å². The van der Waals surface area contributed by atoms with Crippen LogP contribution in [0.3, 0.4) is 0 Å². The number of aryl methyl sites for hydroxylation is 1. The molecule has 8 nitrogen and oxygen atoms in total. The van der Waals surface area contributed by atoms with Gasteiger partial charge >= 0.3 is 6.18 Å². The molecule has 0 fully saturated rings. The molecule has 0 atom stereocenters. The van der Waals surface area contributed by atoms with E-state index in [0.29, 0.717) is 11.4 Å². The molecule has 34 heavy (non-hydrogen) atoms. The zero-order valence-electron chi connectivity index (χ0n) is 18.0. The molecule has 174 valence electrons. The van der Waals surface area contributed by atoms with Crippen LogP contribution >= 0.6 is 0 Å². The highest BCUT2D eigenvalue weighted by Gasteiger charge is 2.31. The van der Waals surface area contributed by atoms with E-state index in [1.807, 2.05) is 0 Å². The van der Waals surface area contributed by atoms with Crippen molar-refractivity contribution in [3.8, 4) is 5.69 Å². The average Bonchev–Trinajstić information content (AvgIpc) is 3.08. The van der Waals surface area contributed by atoms with Gasteiger partial charge in [-0.05, 0) is 44.2 Å². The van der Waals surface area contributed by atoms with E-state index in [9.17, 15) is 32.9 Å². The van der Waals surface area contributed by atoms with Crippen LogP contribution in [0.5, 0.6) is 0 Å². The second kappa shape index (κ2) is 8.25. The molecule has 4 rings (SSSR count). The van der Waals surface area contributed by atoms with Gasteiger partial charge in [0.2, 0.25) is 0 Å². The minimum atomic E-state index is -4.51. The highest BCUT2D eigenvalue weighted by molar-refractivity contribution is 5.97. The van der Waals surface area contributed by atoms with Gasteiger partial charge in [-0.1, -0.05) is 6.07 Å². The van der Waals surface area contributed by atoms with Crippen molar-refractivity contribution < 1.29 is 22.9 Å². The largest absolute Gasteiger partial charge is 0.416 e. The Morgan fingerprint density at radius 2 is 1.85 bits per heavy atom. The Bertz CT molecular complexity index is 1520. The summed E-state index contributed by atoms with van der Waals surface area (Å²) in [4.78, 5) is 40.2. The quantitative estimate of drug-likeness (QED) is 0.241. The molecule has 0 spiro atoms. The van der Waals surface area contributed by atoms with Crippen LogP contribution in [0.25, 0.3) is 16.6 Å². The molecule has 0 aliphatic heterocycles. The highest BCUT2D eigenvalue weighted by Crippen LogP contribution is 2.31. The number of benzene rings is 2. The number of alkyl halides is 3. The van der Waals surface area contributed by atoms with Crippen LogP contribution in [-0.4, -0.2) is 24.8 Å². The number of hydrogen-bond donors (Lipinski definition) is 0. The first-order chi connectivity index (χ1) is 16.0. The number of carbonyl (C=O) groups is 1. The van der Waals surface area contributed by atoms with Gasteiger partial charge in [-0.15, -0.1) is 0 Å². The first kappa shape index (κ1) is 22.9. The highest BCUT2D eigenvalue weighted by atomic mass is 19.4. The predicted octanol–water partition coefficient (Wildman–Crippen LogP) is 4.61. The van der Waals surface area contributed by atoms with Crippen molar-refractivity contribution in [2.75, 3.05) is 0 Å². The van der Waals surface area contributed by atoms with Gasteiger partial charge in [0.25, 0.3) is 11.2 Å². The van der Waals surface area contributed by atoms with E-state index >= 15 is 0 Å². The molecule has 0 saturated carbocycles. The zero-order chi connectivity index (χ0) is 24.8. The molecular formula is C23H17F3N4O4. The molecule has 0 aliphatic carbocycles. The number of non-ortho nitro benzene ring substituents is 1. The van der Waals surface area contributed by atoms with Gasteiger partial charge in [-0.2, -0.15) is 13.2 Å². The summed E-state index contributed by atoms with van der Waals surface area (Å²) in [7, 11) is 0. The van der Waals surface area contributed by atoms with Gasteiger partial charge < -0.3 is 4.57 Å². The number of nitro benzene ring substituents is 1. The SMILES string of the molecule is Cc1cc(C(=O)Cn2cnc3cc([N+](=O)[O-])ccc3c2=O)c(C)n1-c1cccc(C(F)(F)F)c1. The number of hydrogen-bond acceptors (Lipinski definition) is 5. The summed E-state index contributed by atoms with van der Waals surface area (Å²) in [6.07, 6.45) is -3.37. The van der Waals surface area contributed by atoms with Gasteiger partial charge in [0.1, 0.15) is 0 Å². The van der Waals surface area contributed by atoms with Crippen molar-refractivity contribution in [2.24, 2.45) is 0 Å². The third-order valence-corrected chi connectivity index (χ3v) is 5.50. The molecule has 0 saturated heterocycles. The summed E-state index contributed by atoms with van der Waals surface area (Å²) in [6.45, 7) is 2.92. The number of nitro groups is 1. The van der Waals surface area contributed by atoms with E-state index in [1.165, 1.54) is 30.3 Å². The number of aromatic nitrogens is 3. The Balaban J connectivity index is 1.68. The van der Waals surface area contributed by atoms with Crippen molar-refractivity contribution in [1.82, 2.24) is 14.1 Å². The van der Waals surface area contributed by atoms with Gasteiger partial charge in [-0.25, -0.2) is 4.98 Å². The first-order valence-electron chi connectivity index (χ1n) is 10.0. The van der Waals surface area contributed by atoms with Crippen LogP contribution in [0, 0.1) is 24.0 Å². The lowest BCUT2D eigenvalue weighted by Crippen LogP contribution is -2.25. The third-order valence-electron chi connectivity index (χ3n) is 5.50. The molecule has 0 bridgehead atoms. The Labute approximate surface area is 190 Å². The van der Waals surface area contributed by atoms with Crippen LogP contribution < -0.4 is 5.56 Å². The van der Waals surface area contributed by atoms with E-state index in [-0.39, 0.29) is 34.4 Å². The second-order valence-electron chi connectivity index (χ2n) is 7.73. The zero-order valence-corrected chi connectivity index (χ0v) is 18.0. The lowest BCUT2D eigenvalue weighted by molar-refractivity contribution is -0.384. The molecule has 11 heteroatoms. The average molecular weight is 470 g/mol. The van der Waals surface area contributed by atoms with Gasteiger partial charge in [-0.3, -0.25) is 24.3 Å².